The van der Waals surface area contributed by atoms with E-state index in [4.69, 9.17) is 10.5 Å². The highest BCUT2D eigenvalue weighted by atomic mass is 127. The Hall–Kier alpha value is 0.640. The Morgan fingerprint density at radius 2 is 1.96 bits per heavy atom. The van der Waals surface area contributed by atoms with Crippen LogP contribution in [0.1, 0.15) is 36.0 Å². The molecule has 0 aromatic heterocycles. The van der Waals surface area contributed by atoms with Crippen LogP contribution in [0.4, 0.5) is 5.69 Å². The molecule has 0 atom stereocenters. The molecule has 128 valence electrons. The lowest BCUT2D eigenvalue weighted by molar-refractivity contribution is 0.0487. The largest absolute Gasteiger partial charge is 0.462 e. The van der Waals surface area contributed by atoms with E-state index in [0.717, 1.165) is 29.5 Å². The van der Waals surface area contributed by atoms with Crippen LogP contribution in [0.15, 0.2) is 6.07 Å². The normalized spacial score (nSPS) is 16.5. The predicted molar refractivity (Wildman–Crippen MR) is 119 cm³/mol. The number of anilines is 1. The summed E-state index contributed by atoms with van der Waals surface area (Å²) >= 11 is 6.49. The Bertz CT molecular complexity index is 573. The monoisotopic (exact) mass is 654 g/mol. The maximum absolute atomic E-state index is 12.3. The van der Waals surface area contributed by atoms with Gasteiger partial charge in [0.25, 0.3) is 0 Å². The summed E-state index contributed by atoms with van der Waals surface area (Å²) in [6.45, 7) is 2.86. The van der Waals surface area contributed by atoms with Gasteiger partial charge in [0.15, 0.2) is 0 Å². The first kappa shape index (κ1) is 20.0. The number of likely N-dealkylation sites (tertiary alicyclic amines) is 1. The van der Waals surface area contributed by atoms with Crippen LogP contribution in [0, 0.1) is 16.6 Å². The molecule has 1 aromatic carbocycles. The minimum absolute atomic E-state index is 0.259. The summed E-state index contributed by atoms with van der Waals surface area (Å²) in [6.07, 6.45) is 4.60. The van der Waals surface area contributed by atoms with Gasteiger partial charge in [-0.15, -0.1) is 0 Å². The summed E-state index contributed by atoms with van der Waals surface area (Å²) in [7, 11) is 2.17. The zero-order chi connectivity index (χ0) is 17.0. The molecule has 0 bridgehead atoms. The Morgan fingerprint density at radius 1 is 1.30 bits per heavy atom. The summed E-state index contributed by atoms with van der Waals surface area (Å²) in [4.78, 5) is 14.7. The third-order valence-electron chi connectivity index (χ3n) is 4.24. The zero-order valence-corrected chi connectivity index (χ0v) is 19.6. The van der Waals surface area contributed by atoms with Crippen LogP contribution in [-0.4, -0.2) is 37.6 Å². The van der Waals surface area contributed by atoms with Crippen molar-refractivity contribution in [3.63, 3.8) is 0 Å². The van der Waals surface area contributed by atoms with Crippen molar-refractivity contribution in [2.24, 2.45) is 5.92 Å². The van der Waals surface area contributed by atoms with Crippen molar-refractivity contribution in [1.82, 2.24) is 4.90 Å². The van der Waals surface area contributed by atoms with Crippen molar-refractivity contribution >= 4 is 79.4 Å². The number of hydrogen-bond acceptors (Lipinski definition) is 4. The van der Waals surface area contributed by atoms with Crippen LogP contribution < -0.4 is 5.73 Å². The molecule has 0 saturated carbocycles. The van der Waals surface area contributed by atoms with Gasteiger partial charge in [-0.05, 0) is 126 Å². The number of nitrogens with two attached hydrogens (primary N) is 1. The van der Waals surface area contributed by atoms with Gasteiger partial charge in [0, 0.05) is 7.14 Å². The number of carbonyl (C=O) groups excluding carboxylic acids is 1. The Balaban J connectivity index is 1.83. The smallest absolute Gasteiger partial charge is 0.340 e. The van der Waals surface area contributed by atoms with Gasteiger partial charge >= 0.3 is 5.97 Å². The number of benzene rings is 1. The van der Waals surface area contributed by atoms with E-state index in [9.17, 15) is 4.79 Å². The molecule has 1 aliphatic heterocycles. The van der Waals surface area contributed by atoms with E-state index in [1.165, 1.54) is 25.9 Å². The van der Waals surface area contributed by atoms with E-state index in [0.29, 0.717) is 17.9 Å². The average Bonchev–Trinajstić information content (AvgIpc) is 2.51. The first-order valence-corrected chi connectivity index (χ1v) is 10.9. The summed E-state index contributed by atoms with van der Waals surface area (Å²) in [5, 5.41) is 0. The Kier molecular flexibility index (Phi) is 8.13. The number of rotatable bonds is 5. The molecule has 1 saturated heterocycles. The molecular formula is C16H21I3N2O2. The molecule has 2 rings (SSSR count). The summed E-state index contributed by atoms with van der Waals surface area (Å²) in [5.74, 6) is 0.518. The fourth-order valence-corrected chi connectivity index (χ4v) is 6.56. The van der Waals surface area contributed by atoms with Crippen LogP contribution >= 0.6 is 67.8 Å². The Labute approximate surface area is 178 Å². The van der Waals surface area contributed by atoms with E-state index in [1.54, 1.807) is 0 Å². The van der Waals surface area contributed by atoms with Gasteiger partial charge in [-0.2, -0.15) is 0 Å². The summed E-state index contributed by atoms with van der Waals surface area (Å²) in [5.41, 5.74) is 7.28. The highest BCUT2D eigenvalue weighted by Crippen LogP contribution is 2.30. The minimum atomic E-state index is -0.259. The third-order valence-corrected chi connectivity index (χ3v) is 7.10. The van der Waals surface area contributed by atoms with Gasteiger partial charge in [-0.1, -0.05) is 0 Å². The standard InChI is InChI=1S/C16H21I3N2O2/c1-21-6-4-10(5-7-21)3-2-8-23-16(22)13-11(17)9-12(18)15(20)14(13)19/h9-10H,2-8,20H2,1H3. The molecule has 0 amide bonds. The van der Waals surface area contributed by atoms with Gasteiger partial charge in [0.1, 0.15) is 0 Å². The van der Waals surface area contributed by atoms with Crippen molar-refractivity contribution in [2.75, 3.05) is 32.5 Å². The molecule has 2 N–H and O–H groups in total. The number of esters is 1. The molecule has 23 heavy (non-hydrogen) atoms. The van der Waals surface area contributed by atoms with Crippen LogP contribution in [0.3, 0.4) is 0 Å². The SMILES string of the molecule is CN1CCC(CCCOC(=O)c2c(I)cc(I)c(N)c2I)CC1. The lowest BCUT2D eigenvalue weighted by Gasteiger charge is -2.28. The van der Waals surface area contributed by atoms with Gasteiger partial charge in [-0.25, -0.2) is 4.79 Å². The topological polar surface area (TPSA) is 55.6 Å². The van der Waals surface area contributed by atoms with Crippen LogP contribution in [0.25, 0.3) is 0 Å². The Morgan fingerprint density at radius 3 is 2.61 bits per heavy atom. The molecule has 1 heterocycles. The molecule has 1 fully saturated rings. The second-order valence-electron chi connectivity index (χ2n) is 5.97. The van der Waals surface area contributed by atoms with Crippen molar-refractivity contribution in [1.29, 1.82) is 0 Å². The van der Waals surface area contributed by atoms with E-state index < -0.39 is 0 Å². The lowest BCUT2D eigenvalue weighted by atomic mass is 9.93. The van der Waals surface area contributed by atoms with E-state index >= 15 is 0 Å². The summed E-state index contributed by atoms with van der Waals surface area (Å²) in [6, 6.07) is 1.92. The first-order valence-electron chi connectivity index (χ1n) is 7.68. The van der Waals surface area contributed by atoms with Crippen molar-refractivity contribution in [3.05, 3.63) is 22.3 Å². The van der Waals surface area contributed by atoms with Crippen LogP contribution in [0.5, 0.6) is 0 Å². The second kappa shape index (κ2) is 9.37. The molecule has 0 spiro atoms. The quantitative estimate of drug-likeness (QED) is 0.222. The molecule has 1 aliphatic rings. The average molecular weight is 654 g/mol. The maximum atomic E-state index is 12.3. The molecule has 0 unspecified atom stereocenters. The third kappa shape index (κ3) is 5.56. The predicted octanol–water partition coefficient (Wildman–Crippen LogP) is 4.36. The van der Waals surface area contributed by atoms with Gasteiger partial charge < -0.3 is 15.4 Å². The van der Waals surface area contributed by atoms with E-state index in [-0.39, 0.29) is 5.97 Å². The molecular weight excluding hydrogens is 633 g/mol. The lowest BCUT2D eigenvalue weighted by Crippen LogP contribution is -2.30. The number of piperidine rings is 1. The van der Waals surface area contributed by atoms with E-state index in [2.05, 4.69) is 79.7 Å². The highest BCUT2D eigenvalue weighted by Gasteiger charge is 2.20. The number of halogens is 3. The molecule has 0 aliphatic carbocycles. The number of ether oxygens (including phenoxy) is 1. The molecule has 0 radical (unpaired) electrons. The number of nitrogens with zero attached hydrogens (tertiary/aromatic N) is 1. The number of nitrogen functional groups attached to an aromatic ring is 1. The van der Waals surface area contributed by atoms with Crippen LogP contribution in [-0.2, 0) is 4.74 Å². The maximum Gasteiger partial charge on any atom is 0.340 e. The van der Waals surface area contributed by atoms with Gasteiger partial charge in [0.05, 0.1) is 21.4 Å². The highest BCUT2D eigenvalue weighted by molar-refractivity contribution is 14.1. The van der Waals surface area contributed by atoms with Gasteiger partial charge in [-0.3, -0.25) is 0 Å². The van der Waals surface area contributed by atoms with E-state index in [1.807, 2.05) is 6.07 Å². The second-order valence-corrected chi connectivity index (χ2v) is 9.37. The molecule has 1 aromatic rings. The fourth-order valence-electron chi connectivity index (χ4n) is 2.75. The zero-order valence-electron chi connectivity index (χ0n) is 13.1. The van der Waals surface area contributed by atoms with Crippen molar-refractivity contribution in [3.8, 4) is 0 Å². The molecule has 4 nitrogen and oxygen atoms in total. The van der Waals surface area contributed by atoms with Crippen molar-refractivity contribution < 1.29 is 9.53 Å². The van der Waals surface area contributed by atoms with Gasteiger partial charge in [0.2, 0.25) is 0 Å². The fraction of sp³-hybridized carbons (Fsp3) is 0.562. The van der Waals surface area contributed by atoms with Crippen LogP contribution in [0.2, 0.25) is 0 Å². The number of hydrogen-bond donors (Lipinski definition) is 1. The minimum Gasteiger partial charge on any atom is -0.462 e. The molecule has 7 heteroatoms. The summed E-state index contributed by atoms with van der Waals surface area (Å²) < 4.78 is 8.13. The van der Waals surface area contributed by atoms with Crippen molar-refractivity contribution in [2.45, 2.75) is 25.7 Å². The first-order chi connectivity index (χ1) is 10.9. The number of carbonyl (C=O) groups is 1.